The Balaban J connectivity index is 2.29. The predicted octanol–water partition coefficient (Wildman–Crippen LogP) is 2.15. The summed E-state index contributed by atoms with van der Waals surface area (Å²) in [7, 11) is 0. The molecule has 84 valence electrons. The van der Waals surface area contributed by atoms with E-state index < -0.39 is 0 Å². The number of aliphatic hydroxyl groups excluding tert-OH is 1. The maximum absolute atomic E-state index is 9.55. The molecule has 0 spiro atoms. The molecule has 0 radical (unpaired) electrons. The zero-order chi connectivity index (χ0) is 11.1. The van der Waals surface area contributed by atoms with E-state index in [-0.39, 0.29) is 6.10 Å². The summed E-state index contributed by atoms with van der Waals surface area (Å²) in [6, 6.07) is 1.82. The third kappa shape index (κ3) is 4.30. The second-order valence-corrected chi connectivity index (χ2v) is 3.91. The van der Waals surface area contributed by atoms with Crippen molar-refractivity contribution in [2.45, 2.75) is 45.1 Å². The zero-order valence-corrected chi connectivity index (χ0v) is 9.32. The molecule has 0 saturated heterocycles. The van der Waals surface area contributed by atoms with Gasteiger partial charge in [0, 0.05) is 18.1 Å². The van der Waals surface area contributed by atoms with Gasteiger partial charge in [0.15, 0.2) is 0 Å². The van der Waals surface area contributed by atoms with Gasteiger partial charge in [-0.3, -0.25) is 4.98 Å². The molecular weight excluding hydrogens is 188 g/mol. The van der Waals surface area contributed by atoms with Gasteiger partial charge in [-0.15, -0.1) is 0 Å². The van der Waals surface area contributed by atoms with Crippen LogP contribution in [0.1, 0.15) is 38.2 Å². The monoisotopic (exact) mass is 208 g/mol. The topological polar surface area (TPSA) is 59.1 Å². The van der Waals surface area contributed by atoms with Crippen molar-refractivity contribution >= 4 is 5.69 Å². The minimum absolute atomic E-state index is 0.159. The Morgan fingerprint density at radius 2 is 2.27 bits per heavy atom. The molecule has 1 heterocycles. The average molecular weight is 208 g/mol. The molecule has 0 bridgehead atoms. The SMILES string of the molecule is CCCC(O)CCCc1cnccc1N. The van der Waals surface area contributed by atoms with Crippen LogP contribution in [-0.2, 0) is 6.42 Å². The van der Waals surface area contributed by atoms with E-state index >= 15 is 0 Å². The number of aryl methyl sites for hydroxylation is 1. The molecule has 15 heavy (non-hydrogen) atoms. The third-order valence-corrected chi connectivity index (χ3v) is 2.55. The lowest BCUT2D eigenvalue weighted by atomic mass is 10.0. The zero-order valence-electron chi connectivity index (χ0n) is 9.32. The molecule has 1 aromatic rings. The number of hydrogen-bond donors (Lipinski definition) is 2. The molecule has 3 N–H and O–H groups in total. The van der Waals surface area contributed by atoms with Crippen molar-refractivity contribution in [2.24, 2.45) is 0 Å². The lowest BCUT2D eigenvalue weighted by Gasteiger charge is -2.09. The maximum Gasteiger partial charge on any atom is 0.0540 e. The maximum atomic E-state index is 9.55. The molecule has 0 aliphatic rings. The van der Waals surface area contributed by atoms with Crippen LogP contribution in [0.4, 0.5) is 5.69 Å². The van der Waals surface area contributed by atoms with Crippen LogP contribution < -0.4 is 5.73 Å². The Morgan fingerprint density at radius 3 is 2.93 bits per heavy atom. The van der Waals surface area contributed by atoms with E-state index in [2.05, 4.69) is 11.9 Å². The fourth-order valence-corrected chi connectivity index (χ4v) is 1.65. The van der Waals surface area contributed by atoms with Crippen LogP contribution in [0.15, 0.2) is 18.5 Å². The summed E-state index contributed by atoms with van der Waals surface area (Å²) >= 11 is 0. The van der Waals surface area contributed by atoms with E-state index in [1.807, 2.05) is 12.3 Å². The van der Waals surface area contributed by atoms with Crippen LogP contribution in [-0.4, -0.2) is 16.2 Å². The minimum atomic E-state index is -0.159. The quantitative estimate of drug-likeness (QED) is 0.753. The van der Waals surface area contributed by atoms with E-state index in [4.69, 9.17) is 5.73 Å². The van der Waals surface area contributed by atoms with Crippen molar-refractivity contribution < 1.29 is 5.11 Å². The first-order valence-electron chi connectivity index (χ1n) is 5.60. The van der Waals surface area contributed by atoms with Gasteiger partial charge in [0.2, 0.25) is 0 Å². The van der Waals surface area contributed by atoms with E-state index in [0.29, 0.717) is 0 Å². The Morgan fingerprint density at radius 1 is 1.47 bits per heavy atom. The Labute approximate surface area is 91.3 Å². The second kappa shape index (κ2) is 6.40. The predicted molar refractivity (Wildman–Crippen MR) is 62.5 cm³/mol. The van der Waals surface area contributed by atoms with Crippen molar-refractivity contribution in [1.82, 2.24) is 4.98 Å². The number of hydrogen-bond acceptors (Lipinski definition) is 3. The Kier molecular flexibility index (Phi) is 5.12. The van der Waals surface area contributed by atoms with Gasteiger partial charge in [-0.25, -0.2) is 0 Å². The molecule has 1 atom stereocenters. The third-order valence-electron chi connectivity index (χ3n) is 2.55. The smallest absolute Gasteiger partial charge is 0.0540 e. The normalized spacial score (nSPS) is 12.7. The largest absolute Gasteiger partial charge is 0.398 e. The van der Waals surface area contributed by atoms with E-state index in [1.165, 1.54) is 0 Å². The molecule has 1 aromatic heterocycles. The van der Waals surface area contributed by atoms with E-state index in [1.54, 1.807) is 6.20 Å². The lowest BCUT2D eigenvalue weighted by molar-refractivity contribution is 0.151. The number of pyridine rings is 1. The molecule has 0 aromatic carbocycles. The van der Waals surface area contributed by atoms with Gasteiger partial charge in [-0.05, 0) is 37.3 Å². The molecule has 0 amide bonds. The Hall–Kier alpha value is -1.09. The van der Waals surface area contributed by atoms with Gasteiger partial charge >= 0.3 is 0 Å². The summed E-state index contributed by atoms with van der Waals surface area (Å²) < 4.78 is 0. The van der Waals surface area contributed by atoms with Gasteiger partial charge < -0.3 is 10.8 Å². The molecular formula is C12H20N2O. The van der Waals surface area contributed by atoms with Crippen LogP contribution >= 0.6 is 0 Å². The van der Waals surface area contributed by atoms with Crippen molar-refractivity contribution in [3.05, 3.63) is 24.0 Å². The van der Waals surface area contributed by atoms with Gasteiger partial charge in [0.25, 0.3) is 0 Å². The molecule has 1 unspecified atom stereocenters. The molecule has 0 saturated carbocycles. The molecule has 0 aliphatic carbocycles. The molecule has 0 aliphatic heterocycles. The number of aromatic nitrogens is 1. The van der Waals surface area contributed by atoms with Crippen molar-refractivity contribution in [1.29, 1.82) is 0 Å². The number of nitrogens with zero attached hydrogens (tertiary/aromatic N) is 1. The fraction of sp³-hybridized carbons (Fsp3) is 0.583. The summed E-state index contributed by atoms with van der Waals surface area (Å²) in [5.74, 6) is 0. The molecule has 3 nitrogen and oxygen atoms in total. The Bertz CT molecular complexity index is 289. The van der Waals surface area contributed by atoms with Gasteiger partial charge in [0.05, 0.1) is 6.10 Å². The summed E-state index contributed by atoms with van der Waals surface area (Å²) in [6.45, 7) is 2.09. The van der Waals surface area contributed by atoms with Gasteiger partial charge in [-0.1, -0.05) is 13.3 Å². The van der Waals surface area contributed by atoms with Crippen molar-refractivity contribution in [3.63, 3.8) is 0 Å². The van der Waals surface area contributed by atoms with Gasteiger partial charge in [0.1, 0.15) is 0 Å². The van der Waals surface area contributed by atoms with Gasteiger partial charge in [-0.2, -0.15) is 0 Å². The fourth-order valence-electron chi connectivity index (χ4n) is 1.65. The first-order valence-corrected chi connectivity index (χ1v) is 5.60. The number of nitrogens with two attached hydrogens (primary N) is 1. The first kappa shape index (κ1) is 12.0. The molecule has 1 rings (SSSR count). The highest BCUT2D eigenvalue weighted by atomic mass is 16.3. The highest BCUT2D eigenvalue weighted by Crippen LogP contribution is 2.13. The molecule has 0 fully saturated rings. The number of aliphatic hydroxyl groups is 1. The van der Waals surface area contributed by atoms with Crippen LogP contribution in [0, 0.1) is 0 Å². The lowest BCUT2D eigenvalue weighted by Crippen LogP contribution is -2.06. The van der Waals surface area contributed by atoms with Crippen LogP contribution in [0.25, 0.3) is 0 Å². The highest BCUT2D eigenvalue weighted by Gasteiger charge is 2.03. The number of nitrogen functional groups attached to an aromatic ring is 1. The van der Waals surface area contributed by atoms with Crippen LogP contribution in [0.2, 0.25) is 0 Å². The highest BCUT2D eigenvalue weighted by molar-refractivity contribution is 5.44. The van der Waals surface area contributed by atoms with Crippen LogP contribution in [0.3, 0.4) is 0 Å². The minimum Gasteiger partial charge on any atom is -0.398 e. The number of rotatable bonds is 6. The first-order chi connectivity index (χ1) is 7.24. The summed E-state index contributed by atoms with van der Waals surface area (Å²) in [4.78, 5) is 4.04. The summed E-state index contributed by atoms with van der Waals surface area (Å²) in [5, 5.41) is 9.55. The standard InChI is InChI=1S/C12H20N2O/c1-2-4-11(15)6-3-5-10-9-14-8-7-12(10)13/h7-9,11,15H,2-6H2,1H3,(H2,13,14). The van der Waals surface area contributed by atoms with E-state index in [9.17, 15) is 5.11 Å². The molecule has 3 heteroatoms. The summed E-state index contributed by atoms with van der Waals surface area (Å²) in [5.41, 5.74) is 7.68. The van der Waals surface area contributed by atoms with Crippen LogP contribution in [0.5, 0.6) is 0 Å². The van der Waals surface area contributed by atoms with Crippen molar-refractivity contribution in [2.75, 3.05) is 5.73 Å². The van der Waals surface area contributed by atoms with E-state index in [0.717, 1.165) is 43.4 Å². The number of anilines is 1. The summed E-state index contributed by atoms with van der Waals surface area (Å²) in [6.07, 6.45) is 8.00. The average Bonchev–Trinajstić information content (AvgIpc) is 2.21. The second-order valence-electron chi connectivity index (χ2n) is 3.91. The van der Waals surface area contributed by atoms with Crippen molar-refractivity contribution in [3.8, 4) is 0 Å².